The number of carboxylic acids is 1. The molecule has 3 heterocycles. The predicted octanol–water partition coefficient (Wildman–Crippen LogP) is 1.90. The number of aliphatic hydroxyl groups excluding tert-OH is 2. The van der Waals surface area contributed by atoms with Crippen LogP contribution in [0.1, 0.15) is 79.1 Å². The van der Waals surface area contributed by atoms with E-state index in [1.807, 2.05) is 26.0 Å². The van der Waals surface area contributed by atoms with Gasteiger partial charge in [-0.1, -0.05) is 63.3 Å². The Morgan fingerprint density at radius 3 is 2.48 bits per heavy atom. The molecule has 304 valence electrons. The SMILES string of the molecule is C=C1C[C@](OC)([C@H](O)C(=O)N[C@H]2OCO[C@@H]3CC(C)(C)[C@@H](C[C@H](O)CCC/C=C/C=C/C=C/C(=O)N[C@@H](CCCN=C(N)N)C(=O)O)O[C@@H]32)O[C@H](C)[C@@H]1C. The monoisotopic (exact) mass is 763 g/mol. The zero-order valence-electron chi connectivity index (χ0n) is 32.1. The number of aliphatic imine (C=N–C) groups is 1. The number of hydrogen-bond donors (Lipinski definition) is 7. The second-order valence-electron chi connectivity index (χ2n) is 14.9. The van der Waals surface area contributed by atoms with Gasteiger partial charge in [0.15, 0.2) is 18.3 Å². The van der Waals surface area contributed by atoms with E-state index < -0.39 is 54.2 Å². The summed E-state index contributed by atoms with van der Waals surface area (Å²) in [5.41, 5.74) is 11.0. The summed E-state index contributed by atoms with van der Waals surface area (Å²) < 4.78 is 29.7. The minimum Gasteiger partial charge on any atom is -0.480 e. The Morgan fingerprint density at radius 2 is 1.81 bits per heavy atom. The number of aliphatic carboxylic acids is 1. The van der Waals surface area contributed by atoms with Crippen molar-refractivity contribution in [3.63, 3.8) is 0 Å². The maximum absolute atomic E-state index is 13.4. The van der Waals surface area contributed by atoms with E-state index in [-0.39, 0.29) is 61.8 Å². The summed E-state index contributed by atoms with van der Waals surface area (Å²) in [7, 11) is 1.39. The van der Waals surface area contributed by atoms with E-state index >= 15 is 0 Å². The number of carbonyl (C=O) groups excluding carboxylic acids is 2. The molecular formula is C38H61N5O11. The molecule has 16 heteroatoms. The molecule has 16 nitrogen and oxygen atoms in total. The smallest absolute Gasteiger partial charge is 0.326 e. The molecule has 9 N–H and O–H groups in total. The summed E-state index contributed by atoms with van der Waals surface area (Å²) in [6, 6.07) is -1.05. The molecule has 0 bridgehead atoms. The molecule has 3 rings (SSSR count). The van der Waals surface area contributed by atoms with E-state index in [1.165, 1.54) is 19.3 Å². The van der Waals surface area contributed by atoms with Crippen molar-refractivity contribution < 1.29 is 53.4 Å². The number of nitrogens with one attached hydrogen (secondary N) is 2. The van der Waals surface area contributed by atoms with Gasteiger partial charge >= 0.3 is 5.97 Å². The van der Waals surface area contributed by atoms with Crippen LogP contribution >= 0.6 is 0 Å². The van der Waals surface area contributed by atoms with Crippen molar-refractivity contribution in [2.45, 2.75) is 134 Å². The average Bonchev–Trinajstić information content (AvgIpc) is 3.10. The van der Waals surface area contributed by atoms with Gasteiger partial charge in [-0.15, -0.1) is 0 Å². The summed E-state index contributed by atoms with van der Waals surface area (Å²) in [6.45, 7) is 12.2. The van der Waals surface area contributed by atoms with E-state index in [0.717, 1.165) is 12.0 Å². The highest BCUT2D eigenvalue weighted by atomic mass is 16.7. The van der Waals surface area contributed by atoms with Crippen LogP contribution in [0, 0.1) is 11.3 Å². The molecule has 54 heavy (non-hydrogen) atoms. The summed E-state index contributed by atoms with van der Waals surface area (Å²) in [5, 5.41) is 36.7. The zero-order valence-corrected chi connectivity index (χ0v) is 32.1. The first kappa shape index (κ1) is 44.8. The summed E-state index contributed by atoms with van der Waals surface area (Å²) in [6.07, 6.45) is 8.68. The van der Waals surface area contributed by atoms with Crippen LogP contribution in [0.25, 0.3) is 0 Å². The molecular weight excluding hydrogens is 702 g/mol. The molecule has 0 aliphatic carbocycles. The van der Waals surface area contributed by atoms with E-state index in [1.54, 1.807) is 12.2 Å². The highest BCUT2D eigenvalue weighted by Crippen LogP contribution is 2.42. The average molecular weight is 764 g/mol. The highest BCUT2D eigenvalue weighted by molar-refractivity contribution is 5.91. The third kappa shape index (κ3) is 13.0. The number of nitrogens with two attached hydrogens (primary N) is 2. The fourth-order valence-electron chi connectivity index (χ4n) is 6.78. The fraction of sp³-hybridized carbons (Fsp3) is 0.684. The third-order valence-electron chi connectivity index (χ3n) is 10.3. The number of carbonyl (C=O) groups is 3. The standard InChI is InChI=1S/C38H61N5O11/c1-23-20-38(50-6,54-25(3)24(23)2)32(46)33(47)43-34-31-28(51-22-52-34)21-37(4,5)29(53-31)19-26(44)15-12-10-8-7-9-11-13-17-30(45)42-27(35(48)49)16-14-18-41-36(39)40/h7-9,11,13,17,24-29,31-32,34,44,46H,1,10,12,14-16,18-22H2,2-6H3,(H,42,45)(H,43,47)(H,48,49)(H4,39,40,41)/b8-7+,11-9+,17-13+/t24-,25-,26-,27+,28-,29-,31+,32-,34+,38-/m1/s1. The van der Waals surface area contributed by atoms with Gasteiger partial charge in [0, 0.05) is 38.5 Å². The molecule has 3 saturated heterocycles. The second kappa shape index (κ2) is 20.9. The molecule has 10 atom stereocenters. The van der Waals surface area contributed by atoms with Crippen LogP contribution in [-0.2, 0) is 38.1 Å². The number of carboxylic acid groups (broad SMARTS) is 1. The lowest BCUT2D eigenvalue weighted by Crippen LogP contribution is -2.65. The van der Waals surface area contributed by atoms with E-state index in [0.29, 0.717) is 32.1 Å². The number of rotatable bonds is 19. The summed E-state index contributed by atoms with van der Waals surface area (Å²) in [4.78, 5) is 40.7. The fourth-order valence-corrected chi connectivity index (χ4v) is 6.78. The lowest BCUT2D eigenvalue weighted by Gasteiger charge is -2.50. The van der Waals surface area contributed by atoms with Gasteiger partial charge in [-0.3, -0.25) is 14.6 Å². The van der Waals surface area contributed by atoms with Crippen molar-refractivity contribution in [3.05, 3.63) is 48.6 Å². The van der Waals surface area contributed by atoms with Crippen molar-refractivity contribution in [2.75, 3.05) is 20.4 Å². The minimum absolute atomic E-state index is 0.0361. The number of guanidine groups is 1. The highest BCUT2D eigenvalue weighted by Gasteiger charge is 2.53. The van der Waals surface area contributed by atoms with Crippen LogP contribution in [0.5, 0.6) is 0 Å². The Kier molecular flexibility index (Phi) is 17.3. The molecule has 0 aromatic carbocycles. The number of unbranched alkanes of at least 4 members (excludes halogenated alkanes) is 1. The van der Waals surface area contributed by atoms with Crippen LogP contribution in [0.3, 0.4) is 0 Å². The second-order valence-corrected chi connectivity index (χ2v) is 14.9. The molecule has 3 fully saturated rings. The van der Waals surface area contributed by atoms with Crippen molar-refractivity contribution in [2.24, 2.45) is 27.8 Å². The van der Waals surface area contributed by atoms with Crippen molar-refractivity contribution >= 4 is 23.7 Å². The molecule has 2 amide bonds. The van der Waals surface area contributed by atoms with Crippen LogP contribution in [0.4, 0.5) is 0 Å². The summed E-state index contributed by atoms with van der Waals surface area (Å²) in [5.74, 6) is -4.03. The number of hydrogen-bond acceptors (Lipinski definition) is 11. The van der Waals surface area contributed by atoms with Crippen LogP contribution in [0.15, 0.2) is 53.6 Å². The van der Waals surface area contributed by atoms with Crippen molar-refractivity contribution in [1.29, 1.82) is 0 Å². The number of amides is 2. The molecule has 3 aliphatic rings. The van der Waals surface area contributed by atoms with Gasteiger partial charge in [-0.25, -0.2) is 4.79 Å². The van der Waals surface area contributed by atoms with E-state index in [9.17, 15) is 29.7 Å². The van der Waals surface area contributed by atoms with Crippen LogP contribution < -0.4 is 22.1 Å². The van der Waals surface area contributed by atoms with Crippen LogP contribution in [-0.4, -0.2) is 114 Å². The van der Waals surface area contributed by atoms with Gasteiger partial charge in [-0.05, 0) is 50.9 Å². The van der Waals surface area contributed by atoms with Gasteiger partial charge in [0.1, 0.15) is 18.9 Å². The van der Waals surface area contributed by atoms with Gasteiger partial charge < -0.3 is 61.1 Å². The van der Waals surface area contributed by atoms with Crippen molar-refractivity contribution in [1.82, 2.24) is 10.6 Å². The molecule has 0 radical (unpaired) electrons. The number of aliphatic hydroxyl groups is 2. The lowest BCUT2D eigenvalue weighted by molar-refractivity contribution is -0.306. The Labute approximate surface area is 318 Å². The van der Waals surface area contributed by atoms with E-state index in [4.69, 9.17) is 35.2 Å². The molecule has 0 aromatic heterocycles. The third-order valence-corrected chi connectivity index (χ3v) is 10.3. The first-order valence-electron chi connectivity index (χ1n) is 18.5. The maximum atomic E-state index is 13.4. The Bertz CT molecular complexity index is 1400. The summed E-state index contributed by atoms with van der Waals surface area (Å²) >= 11 is 0. The van der Waals surface area contributed by atoms with Gasteiger partial charge in [0.25, 0.3) is 5.91 Å². The van der Waals surface area contributed by atoms with Gasteiger partial charge in [0.05, 0.1) is 24.4 Å². The predicted molar refractivity (Wildman–Crippen MR) is 200 cm³/mol. The van der Waals surface area contributed by atoms with E-state index in [2.05, 4.69) is 36.1 Å². The van der Waals surface area contributed by atoms with Crippen LogP contribution in [0.2, 0.25) is 0 Å². The normalized spacial score (nSPS) is 30.1. The quantitative estimate of drug-likeness (QED) is 0.0249. The maximum Gasteiger partial charge on any atom is 0.326 e. The van der Waals surface area contributed by atoms with Crippen molar-refractivity contribution in [3.8, 4) is 0 Å². The van der Waals surface area contributed by atoms with Gasteiger partial charge in [-0.2, -0.15) is 0 Å². The first-order valence-corrected chi connectivity index (χ1v) is 18.5. The molecule has 0 unspecified atom stereocenters. The number of methoxy groups -OCH3 is 1. The minimum atomic E-state index is -1.66. The Morgan fingerprint density at radius 1 is 1.09 bits per heavy atom. The molecule has 0 spiro atoms. The molecule has 3 aliphatic heterocycles. The topological polar surface area (TPSA) is 247 Å². The number of allylic oxidation sites excluding steroid dienone is 5. The lowest BCUT2D eigenvalue weighted by atomic mass is 9.75. The first-order chi connectivity index (χ1) is 25.5. The molecule has 0 saturated carbocycles. The van der Waals surface area contributed by atoms with Gasteiger partial charge in [0.2, 0.25) is 11.7 Å². The largest absolute Gasteiger partial charge is 0.480 e. The zero-order chi connectivity index (χ0) is 40.1. The number of nitrogens with zero attached hydrogens (tertiary/aromatic N) is 1. The Balaban J connectivity index is 1.45. The number of fused-ring (bicyclic) bond motifs is 1. The Hall–Kier alpha value is -3.64. The molecule has 0 aromatic rings. The number of ether oxygens (including phenoxy) is 5.